The van der Waals surface area contributed by atoms with E-state index in [1.165, 1.54) is 0 Å². The molecule has 0 N–H and O–H groups in total. The van der Waals surface area contributed by atoms with E-state index in [1.807, 2.05) is 38.2 Å². The Morgan fingerprint density at radius 2 is 2.30 bits per heavy atom. The van der Waals surface area contributed by atoms with Crippen LogP contribution in [0.15, 0.2) is 28.7 Å². The third-order valence-corrected chi connectivity index (χ3v) is 3.75. The molecule has 1 amide bonds. The van der Waals surface area contributed by atoms with Crippen molar-refractivity contribution in [1.82, 2.24) is 4.90 Å². The van der Waals surface area contributed by atoms with Crippen LogP contribution in [0.25, 0.3) is 11.0 Å². The summed E-state index contributed by atoms with van der Waals surface area (Å²) >= 11 is 0. The molecule has 0 spiro atoms. The number of likely N-dealkylation sites (N-methyl/N-ethyl adjacent to an activating group) is 1. The van der Waals surface area contributed by atoms with Crippen LogP contribution in [0.4, 0.5) is 0 Å². The first-order chi connectivity index (χ1) is 9.65. The molecule has 0 unspecified atom stereocenters. The van der Waals surface area contributed by atoms with Crippen molar-refractivity contribution in [3.8, 4) is 0 Å². The molecule has 0 radical (unpaired) electrons. The van der Waals surface area contributed by atoms with Gasteiger partial charge in [-0.1, -0.05) is 12.1 Å². The van der Waals surface area contributed by atoms with Gasteiger partial charge in [-0.3, -0.25) is 4.79 Å². The van der Waals surface area contributed by atoms with E-state index < -0.39 is 0 Å². The van der Waals surface area contributed by atoms with Crippen molar-refractivity contribution in [3.63, 3.8) is 0 Å². The molecule has 0 bridgehead atoms. The van der Waals surface area contributed by atoms with Crippen molar-refractivity contribution in [2.75, 3.05) is 20.2 Å². The lowest BCUT2D eigenvalue weighted by molar-refractivity contribution is 0.0587. The van der Waals surface area contributed by atoms with Gasteiger partial charge >= 0.3 is 0 Å². The summed E-state index contributed by atoms with van der Waals surface area (Å²) in [6.45, 7) is 3.33. The molecule has 1 fully saturated rings. The van der Waals surface area contributed by atoms with Gasteiger partial charge in [-0.2, -0.15) is 0 Å². The molecule has 1 aliphatic heterocycles. The molecule has 2 aromatic rings. The van der Waals surface area contributed by atoms with Gasteiger partial charge in [0.1, 0.15) is 11.3 Å². The monoisotopic (exact) mass is 273 g/mol. The van der Waals surface area contributed by atoms with Gasteiger partial charge in [-0.25, -0.2) is 0 Å². The van der Waals surface area contributed by atoms with E-state index in [0.29, 0.717) is 17.7 Å². The van der Waals surface area contributed by atoms with Crippen LogP contribution in [0, 0.1) is 6.92 Å². The maximum absolute atomic E-state index is 12.6. The van der Waals surface area contributed by atoms with Crippen molar-refractivity contribution < 1.29 is 13.9 Å². The fourth-order valence-electron chi connectivity index (χ4n) is 2.74. The van der Waals surface area contributed by atoms with E-state index in [2.05, 4.69) is 0 Å². The standard InChI is InChI=1S/C16H19NO3/c1-11-9-12-5-3-7-14(15(12)20-11)16(18)17(2)10-13-6-4-8-19-13/h3,5,7,9,13H,4,6,8,10H2,1-2H3/t13-/m0/s1. The molecule has 20 heavy (non-hydrogen) atoms. The Morgan fingerprint density at radius 3 is 3.05 bits per heavy atom. The Labute approximate surface area is 118 Å². The number of hydrogen-bond donors (Lipinski definition) is 0. The molecule has 106 valence electrons. The van der Waals surface area contributed by atoms with Gasteiger partial charge in [0.05, 0.1) is 11.7 Å². The second-order valence-corrected chi connectivity index (χ2v) is 5.40. The Bertz CT molecular complexity index is 626. The van der Waals surface area contributed by atoms with Crippen LogP contribution in [0.2, 0.25) is 0 Å². The van der Waals surface area contributed by atoms with Gasteiger partial charge in [0.2, 0.25) is 0 Å². The van der Waals surface area contributed by atoms with Gasteiger partial charge in [0.25, 0.3) is 5.91 Å². The Balaban J connectivity index is 1.84. The van der Waals surface area contributed by atoms with Crippen molar-refractivity contribution in [3.05, 3.63) is 35.6 Å². The molecule has 1 aromatic heterocycles. The van der Waals surface area contributed by atoms with Gasteiger partial charge in [-0.15, -0.1) is 0 Å². The zero-order chi connectivity index (χ0) is 14.1. The van der Waals surface area contributed by atoms with E-state index in [4.69, 9.17) is 9.15 Å². The Morgan fingerprint density at radius 1 is 1.45 bits per heavy atom. The highest BCUT2D eigenvalue weighted by Gasteiger charge is 2.22. The smallest absolute Gasteiger partial charge is 0.257 e. The van der Waals surface area contributed by atoms with Crippen LogP contribution < -0.4 is 0 Å². The zero-order valence-corrected chi connectivity index (χ0v) is 11.9. The van der Waals surface area contributed by atoms with E-state index in [-0.39, 0.29) is 12.0 Å². The largest absolute Gasteiger partial charge is 0.461 e. The van der Waals surface area contributed by atoms with Crippen LogP contribution in [0.5, 0.6) is 0 Å². The van der Waals surface area contributed by atoms with Crippen molar-refractivity contribution in [1.29, 1.82) is 0 Å². The Hall–Kier alpha value is -1.81. The van der Waals surface area contributed by atoms with Gasteiger partial charge in [0.15, 0.2) is 0 Å². The summed E-state index contributed by atoms with van der Waals surface area (Å²) in [5.74, 6) is 0.808. The van der Waals surface area contributed by atoms with Crippen molar-refractivity contribution in [2.45, 2.75) is 25.9 Å². The van der Waals surface area contributed by atoms with Gasteiger partial charge in [0, 0.05) is 25.6 Å². The maximum atomic E-state index is 12.6. The fraction of sp³-hybridized carbons (Fsp3) is 0.438. The zero-order valence-electron chi connectivity index (χ0n) is 11.9. The first-order valence-electron chi connectivity index (χ1n) is 7.01. The van der Waals surface area contributed by atoms with E-state index in [9.17, 15) is 4.79 Å². The number of hydrogen-bond acceptors (Lipinski definition) is 3. The highest BCUT2D eigenvalue weighted by atomic mass is 16.5. The number of furan rings is 1. The number of nitrogens with zero attached hydrogens (tertiary/aromatic N) is 1. The van der Waals surface area contributed by atoms with Crippen molar-refractivity contribution in [2.24, 2.45) is 0 Å². The molecule has 1 atom stereocenters. The Kier molecular flexibility index (Phi) is 3.49. The number of fused-ring (bicyclic) bond motifs is 1. The SMILES string of the molecule is Cc1cc2cccc(C(=O)N(C)C[C@@H]3CCCO3)c2o1. The first kappa shape index (κ1) is 13.2. The second-order valence-electron chi connectivity index (χ2n) is 5.40. The molecule has 0 saturated carbocycles. The lowest BCUT2D eigenvalue weighted by Gasteiger charge is -2.20. The summed E-state index contributed by atoms with van der Waals surface area (Å²) in [5.41, 5.74) is 1.30. The highest BCUT2D eigenvalue weighted by Crippen LogP contribution is 2.24. The van der Waals surface area contributed by atoms with Crippen LogP contribution in [-0.2, 0) is 4.74 Å². The van der Waals surface area contributed by atoms with Crippen LogP contribution in [-0.4, -0.2) is 37.1 Å². The molecule has 1 aliphatic rings. The lowest BCUT2D eigenvalue weighted by atomic mass is 10.1. The fourth-order valence-corrected chi connectivity index (χ4v) is 2.74. The third-order valence-electron chi connectivity index (χ3n) is 3.75. The van der Waals surface area contributed by atoms with Gasteiger partial charge in [-0.05, 0) is 31.9 Å². The number of amides is 1. The molecule has 1 aromatic carbocycles. The molecule has 0 aliphatic carbocycles. The predicted octanol–water partition coefficient (Wildman–Crippen LogP) is 2.99. The molecule has 2 heterocycles. The van der Waals surface area contributed by atoms with E-state index in [0.717, 1.165) is 30.6 Å². The quantitative estimate of drug-likeness (QED) is 0.863. The van der Waals surface area contributed by atoms with E-state index in [1.54, 1.807) is 4.90 Å². The minimum atomic E-state index is -0.0135. The molecule has 4 nitrogen and oxygen atoms in total. The molecular weight excluding hydrogens is 254 g/mol. The van der Waals surface area contributed by atoms with Crippen LogP contribution >= 0.6 is 0 Å². The number of benzene rings is 1. The average molecular weight is 273 g/mol. The van der Waals surface area contributed by atoms with Crippen molar-refractivity contribution >= 4 is 16.9 Å². The second kappa shape index (κ2) is 5.29. The summed E-state index contributed by atoms with van der Waals surface area (Å²) in [7, 11) is 1.82. The average Bonchev–Trinajstić information content (AvgIpc) is 3.05. The van der Waals surface area contributed by atoms with Crippen LogP contribution in [0.3, 0.4) is 0 Å². The topological polar surface area (TPSA) is 42.7 Å². The number of para-hydroxylation sites is 1. The summed E-state index contributed by atoms with van der Waals surface area (Å²) in [5, 5.41) is 0.971. The molecule has 3 rings (SSSR count). The number of aryl methyl sites for hydroxylation is 1. The van der Waals surface area contributed by atoms with Gasteiger partial charge < -0.3 is 14.1 Å². The normalized spacial score (nSPS) is 18.6. The summed E-state index contributed by atoms with van der Waals surface area (Å²) in [6, 6.07) is 7.62. The molecule has 4 heteroatoms. The minimum absolute atomic E-state index is 0.0135. The molecular formula is C16H19NO3. The van der Waals surface area contributed by atoms with E-state index >= 15 is 0 Å². The third kappa shape index (κ3) is 2.43. The number of ether oxygens (including phenoxy) is 1. The first-order valence-corrected chi connectivity index (χ1v) is 7.01. The number of rotatable bonds is 3. The van der Waals surface area contributed by atoms with Crippen LogP contribution in [0.1, 0.15) is 29.0 Å². The highest BCUT2D eigenvalue weighted by molar-refractivity contribution is 6.04. The number of carbonyl (C=O) groups is 1. The lowest BCUT2D eigenvalue weighted by Crippen LogP contribution is -2.34. The summed E-state index contributed by atoms with van der Waals surface area (Å²) in [4.78, 5) is 14.3. The maximum Gasteiger partial charge on any atom is 0.257 e. The minimum Gasteiger partial charge on any atom is -0.461 e. The number of carbonyl (C=O) groups excluding carboxylic acids is 1. The molecule has 1 saturated heterocycles. The summed E-state index contributed by atoms with van der Waals surface area (Å²) in [6.07, 6.45) is 2.28. The summed E-state index contributed by atoms with van der Waals surface area (Å²) < 4.78 is 11.2. The predicted molar refractivity (Wildman–Crippen MR) is 76.9 cm³/mol.